The average Bonchev–Trinajstić information content (AvgIpc) is 3.85. The maximum Gasteiger partial charge on any atom is 0.315 e. The van der Waals surface area contributed by atoms with Crippen LogP contribution < -0.4 is 21.7 Å². The molecule has 2 saturated carbocycles. The highest BCUT2D eigenvalue weighted by Gasteiger charge is 2.45. The molecule has 0 bridgehead atoms. The fourth-order valence-corrected chi connectivity index (χ4v) is 8.03. The molecule has 5 N–H and O–H groups in total. The normalized spacial score (nSPS) is 20.8. The molecule has 2 fully saturated rings. The lowest BCUT2D eigenvalue weighted by Crippen LogP contribution is -2.64. The Morgan fingerprint density at radius 1 is 0.979 bits per heavy atom. The third kappa shape index (κ3) is 9.94. The van der Waals surface area contributed by atoms with Crippen LogP contribution in [0.15, 0.2) is 23.8 Å². The van der Waals surface area contributed by atoms with Crippen LogP contribution in [0.25, 0.3) is 0 Å². The van der Waals surface area contributed by atoms with Gasteiger partial charge in [-0.1, -0.05) is 105 Å². The smallest absolute Gasteiger partial charge is 0.315 e. The van der Waals surface area contributed by atoms with Crippen molar-refractivity contribution in [3.8, 4) is 0 Å². The molecule has 0 aromatic carbocycles. The summed E-state index contributed by atoms with van der Waals surface area (Å²) in [4.78, 5) is 68.6. The number of nitrogens with one attached hydrogen (secondary N) is 3. The predicted octanol–water partition coefficient (Wildman–Crippen LogP) is 5.55. The van der Waals surface area contributed by atoms with Crippen molar-refractivity contribution in [1.29, 1.82) is 0 Å². The standard InChI is InChI=1S/C38H63N5O5/c1-9-27(24(3)4)30(34(46)40-29(23-25-19-20-25)31(44)33(39)45)43(8)35(47)32(37(5,6)7)41-36(48)42-38(21-15-12-16-22-38)28(10-2)26-17-13-11-14-18-26/h13,17-18,24-25,27-30,32H,9-12,14-16,19-23H2,1-8H3,(H2,39,45)(H,40,46)(H2,41,42,48)/t27-,28?,29?,30+,32-/m1/s1. The van der Waals surface area contributed by atoms with Gasteiger partial charge in [0.05, 0.1) is 6.04 Å². The number of carbonyl (C=O) groups is 5. The summed E-state index contributed by atoms with van der Waals surface area (Å²) in [6.07, 6.45) is 17.4. The lowest BCUT2D eigenvalue weighted by atomic mass is 9.68. The topological polar surface area (TPSA) is 151 Å². The molecule has 3 aliphatic carbocycles. The Kier molecular flexibility index (Phi) is 13.9. The zero-order valence-corrected chi connectivity index (χ0v) is 30.8. The van der Waals surface area contributed by atoms with Gasteiger partial charge in [-0.3, -0.25) is 19.2 Å². The van der Waals surface area contributed by atoms with Gasteiger partial charge in [0.2, 0.25) is 17.6 Å². The predicted molar refractivity (Wildman–Crippen MR) is 190 cm³/mol. The Morgan fingerprint density at radius 3 is 2.10 bits per heavy atom. The number of primary amides is 1. The molecule has 0 aromatic rings. The average molecular weight is 670 g/mol. The molecule has 0 aliphatic heterocycles. The first-order valence-corrected chi connectivity index (χ1v) is 18.4. The van der Waals surface area contributed by atoms with Crippen molar-refractivity contribution >= 4 is 29.5 Å². The number of nitrogens with two attached hydrogens (primary N) is 1. The van der Waals surface area contributed by atoms with Gasteiger partial charge in [0.15, 0.2) is 0 Å². The largest absolute Gasteiger partial charge is 0.363 e. The van der Waals surface area contributed by atoms with Gasteiger partial charge in [0.1, 0.15) is 12.1 Å². The SMILES string of the molecule is CCC(C1=CCCC=C1)C1(NC(=O)N[C@H](C(=O)N(C)[C@H](C(=O)NC(CC2CC2)C(=O)C(N)=O)[C@H](CC)C(C)C)C(C)(C)C)CCCCC1. The number of ketones is 1. The monoisotopic (exact) mass is 669 g/mol. The van der Waals surface area contributed by atoms with E-state index in [4.69, 9.17) is 5.73 Å². The molecule has 10 heteroatoms. The zero-order valence-electron chi connectivity index (χ0n) is 30.8. The molecular formula is C38H63N5O5. The number of allylic oxidation sites excluding steroid dienone is 3. The van der Waals surface area contributed by atoms with Crippen molar-refractivity contribution in [3.63, 3.8) is 0 Å². The number of likely N-dealkylation sites (N-methyl/N-ethyl adjacent to an activating group) is 1. The molecule has 10 nitrogen and oxygen atoms in total. The number of Topliss-reactive ketones (excluding diaryl/α,β-unsaturated/α-hetero) is 1. The molecule has 0 heterocycles. The number of nitrogens with zero attached hydrogens (tertiary/aromatic N) is 1. The lowest BCUT2D eigenvalue weighted by Gasteiger charge is -2.46. The summed E-state index contributed by atoms with van der Waals surface area (Å²) in [5, 5.41) is 9.26. The number of hydrogen-bond donors (Lipinski definition) is 4. The molecule has 3 rings (SSSR count). The third-order valence-corrected chi connectivity index (χ3v) is 10.9. The fourth-order valence-electron chi connectivity index (χ4n) is 8.03. The van der Waals surface area contributed by atoms with Gasteiger partial charge < -0.3 is 26.6 Å². The lowest BCUT2D eigenvalue weighted by molar-refractivity contribution is -0.146. The highest BCUT2D eigenvalue weighted by atomic mass is 16.2. The van der Waals surface area contributed by atoms with Crippen LogP contribution in [0.1, 0.15) is 126 Å². The van der Waals surface area contributed by atoms with Gasteiger partial charge >= 0.3 is 6.03 Å². The second-order valence-electron chi connectivity index (χ2n) is 15.9. The minimum atomic E-state index is -1.09. The Hall–Kier alpha value is -3.17. The van der Waals surface area contributed by atoms with E-state index in [2.05, 4.69) is 41.1 Å². The first-order valence-electron chi connectivity index (χ1n) is 18.4. The molecule has 270 valence electrons. The van der Waals surface area contributed by atoms with Crippen LogP contribution >= 0.6 is 0 Å². The number of urea groups is 1. The van der Waals surface area contributed by atoms with Crippen molar-refractivity contribution in [2.24, 2.45) is 34.8 Å². The second-order valence-corrected chi connectivity index (χ2v) is 15.9. The molecule has 5 atom stereocenters. The van der Waals surface area contributed by atoms with E-state index in [1.165, 1.54) is 10.5 Å². The fraction of sp³-hybridized carbons (Fsp3) is 0.763. The van der Waals surface area contributed by atoms with E-state index in [1.807, 2.05) is 41.5 Å². The van der Waals surface area contributed by atoms with Gasteiger partial charge in [0.25, 0.3) is 5.91 Å². The maximum absolute atomic E-state index is 14.5. The van der Waals surface area contributed by atoms with Crippen LogP contribution in [0.3, 0.4) is 0 Å². The Balaban J connectivity index is 1.89. The first-order chi connectivity index (χ1) is 22.6. The molecule has 0 radical (unpaired) electrons. The van der Waals surface area contributed by atoms with Crippen molar-refractivity contribution in [2.75, 3.05) is 7.05 Å². The number of carbonyl (C=O) groups excluding carboxylic acids is 5. The molecule has 5 amide bonds. The Morgan fingerprint density at radius 2 is 1.62 bits per heavy atom. The summed E-state index contributed by atoms with van der Waals surface area (Å²) in [5.41, 5.74) is 5.53. The summed E-state index contributed by atoms with van der Waals surface area (Å²) in [6, 6.07) is -3.29. The van der Waals surface area contributed by atoms with Crippen LogP contribution in [0, 0.1) is 29.1 Å². The van der Waals surface area contributed by atoms with Crippen LogP contribution in [-0.4, -0.2) is 65.1 Å². The van der Waals surface area contributed by atoms with Gasteiger partial charge in [-0.2, -0.15) is 0 Å². The quantitative estimate of drug-likeness (QED) is 0.159. The highest BCUT2D eigenvalue weighted by Crippen LogP contribution is 2.41. The van der Waals surface area contributed by atoms with Crippen LogP contribution in [0.2, 0.25) is 0 Å². The summed E-state index contributed by atoms with van der Waals surface area (Å²) >= 11 is 0. The van der Waals surface area contributed by atoms with E-state index < -0.39 is 46.7 Å². The van der Waals surface area contributed by atoms with Crippen molar-refractivity contribution in [1.82, 2.24) is 20.9 Å². The molecule has 2 unspecified atom stereocenters. The number of hydrogen-bond acceptors (Lipinski definition) is 5. The first kappa shape index (κ1) is 39.3. The van der Waals surface area contributed by atoms with Gasteiger partial charge in [0, 0.05) is 18.5 Å². The minimum absolute atomic E-state index is 0.0272. The molecule has 0 saturated heterocycles. The summed E-state index contributed by atoms with van der Waals surface area (Å²) in [6.45, 7) is 13.9. The highest BCUT2D eigenvalue weighted by molar-refractivity contribution is 6.37. The molecule has 0 spiro atoms. The van der Waals surface area contributed by atoms with Gasteiger partial charge in [-0.05, 0) is 67.3 Å². The molecule has 0 aromatic heterocycles. The van der Waals surface area contributed by atoms with Crippen molar-refractivity contribution in [2.45, 2.75) is 149 Å². The maximum atomic E-state index is 14.5. The van der Waals surface area contributed by atoms with E-state index in [0.717, 1.165) is 64.2 Å². The van der Waals surface area contributed by atoms with Crippen LogP contribution in [0.5, 0.6) is 0 Å². The van der Waals surface area contributed by atoms with Crippen LogP contribution in [-0.2, 0) is 19.2 Å². The molecule has 48 heavy (non-hydrogen) atoms. The van der Waals surface area contributed by atoms with E-state index >= 15 is 0 Å². The van der Waals surface area contributed by atoms with Crippen molar-refractivity contribution in [3.05, 3.63) is 23.8 Å². The number of rotatable bonds is 16. The Labute approximate surface area is 288 Å². The number of amides is 5. The van der Waals surface area contributed by atoms with E-state index in [1.54, 1.807) is 7.05 Å². The van der Waals surface area contributed by atoms with Crippen molar-refractivity contribution < 1.29 is 24.0 Å². The third-order valence-electron chi connectivity index (χ3n) is 10.9. The van der Waals surface area contributed by atoms with E-state index in [-0.39, 0.29) is 35.6 Å². The molecule has 3 aliphatic rings. The second kappa shape index (κ2) is 17.0. The zero-order chi connectivity index (χ0) is 35.8. The minimum Gasteiger partial charge on any atom is -0.363 e. The van der Waals surface area contributed by atoms with Crippen LogP contribution in [0.4, 0.5) is 4.79 Å². The summed E-state index contributed by atoms with van der Waals surface area (Å²) in [5.74, 6) is -2.59. The van der Waals surface area contributed by atoms with E-state index in [9.17, 15) is 24.0 Å². The Bertz CT molecular complexity index is 1220. The summed E-state index contributed by atoms with van der Waals surface area (Å²) in [7, 11) is 1.60. The molecular weight excluding hydrogens is 606 g/mol. The van der Waals surface area contributed by atoms with Gasteiger partial charge in [-0.25, -0.2) is 4.79 Å². The van der Waals surface area contributed by atoms with Gasteiger partial charge in [-0.15, -0.1) is 0 Å². The van der Waals surface area contributed by atoms with E-state index in [0.29, 0.717) is 12.8 Å². The summed E-state index contributed by atoms with van der Waals surface area (Å²) < 4.78 is 0.